The largest absolute Gasteiger partial charge is 0.465 e. The first-order chi connectivity index (χ1) is 16.7. The van der Waals surface area contributed by atoms with Gasteiger partial charge in [-0.15, -0.1) is 23.7 Å². The number of thiophene rings is 1. The Morgan fingerprint density at radius 3 is 2.61 bits per heavy atom. The van der Waals surface area contributed by atoms with E-state index in [-0.39, 0.29) is 23.4 Å². The molecule has 1 unspecified atom stereocenters. The summed E-state index contributed by atoms with van der Waals surface area (Å²) in [6.45, 7) is 5.51. The van der Waals surface area contributed by atoms with Gasteiger partial charge >= 0.3 is 5.97 Å². The number of carbonyl (C=O) groups is 2. The molecule has 3 heterocycles. The first kappa shape index (κ1) is 28.5. The summed E-state index contributed by atoms with van der Waals surface area (Å²) in [6.07, 6.45) is 2.40. The number of ether oxygens (including phenoxy) is 2. The van der Waals surface area contributed by atoms with E-state index in [0.29, 0.717) is 35.7 Å². The van der Waals surface area contributed by atoms with Gasteiger partial charge in [0.05, 0.1) is 23.7 Å². The van der Waals surface area contributed by atoms with Crippen molar-refractivity contribution in [1.82, 2.24) is 9.21 Å². The summed E-state index contributed by atoms with van der Waals surface area (Å²) in [5, 5.41) is 3.30. The van der Waals surface area contributed by atoms with Crippen LogP contribution in [0.3, 0.4) is 0 Å². The fraction of sp³-hybridized carbons (Fsp3) is 0.500. The standard InChI is InChI=1S/C24H31N3O6S2.ClH/c1-4-27-12-11-19-20(15-27)34-23(21(19)24(29)32-3)25-22(28)16-7-9-18(10-8-16)35(30,31)26(2)14-17-6-5-13-33-17;/h7-10,17H,4-6,11-15H2,1-3H3,(H,25,28);1H. The first-order valence-corrected chi connectivity index (χ1v) is 13.9. The number of hydrogen-bond donors (Lipinski definition) is 1. The number of nitrogens with one attached hydrogen (secondary N) is 1. The zero-order valence-corrected chi connectivity index (χ0v) is 23.1. The number of carbonyl (C=O) groups excluding carboxylic acids is 2. The van der Waals surface area contributed by atoms with Crippen molar-refractivity contribution >= 4 is 50.6 Å². The lowest BCUT2D eigenvalue weighted by molar-refractivity contribution is 0.0600. The molecular weight excluding hydrogens is 526 g/mol. The molecule has 2 aliphatic rings. The number of rotatable bonds is 8. The second-order valence-corrected chi connectivity index (χ2v) is 11.9. The Hall–Kier alpha value is -2.02. The molecule has 0 saturated carbocycles. The van der Waals surface area contributed by atoms with Crippen LogP contribution in [0.5, 0.6) is 0 Å². The van der Waals surface area contributed by atoms with Gasteiger partial charge in [0.2, 0.25) is 10.0 Å². The predicted molar refractivity (Wildman–Crippen MR) is 141 cm³/mol. The molecule has 2 aliphatic heterocycles. The number of sulfonamides is 1. The smallest absolute Gasteiger partial charge is 0.341 e. The number of hydrogen-bond acceptors (Lipinski definition) is 8. The summed E-state index contributed by atoms with van der Waals surface area (Å²) in [7, 11) is -0.842. The molecule has 1 amide bonds. The third-order valence-electron chi connectivity index (χ3n) is 6.51. The second-order valence-electron chi connectivity index (χ2n) is 8.72. The lowest BCUT2D eigenvalue weighted by Crippen LogP contribution is -2.34. The first-order valence-electron chi connectivity index (χ1n) is 11.7. The SMILES string of the molecule is CCN1CCc2c(sc(NC(=O)c3ccc(S(=O)(=O)N(C)CC4CCCO4)cc3)c2C(=O)OC)C1.Cl. The van der Waals surface area contributed by atoms with E-state index in [1.54, 1.807) is 0 Å². The summed E-state index contributed by atoms with van der Waals surface area (Å²) in [4.78, 5) is 28.9. The minimum Gasteiger partial charge on any atom is -0.465 e. The molecule has 0 spiro atoms. The summed E-state index contributed by atoms with van der Waals surface area (Å²) < 4.78 is 37.7. The average Bonchev–Trinajstić information content (AvgIpc) is 3.50. The van der Waals surface area contributed by atoms with Crippen molar-refractivity contribution in [2.45, 2.75) is 43.7 Å². The van der Waals surface area contributed by atoms with Gasteiger partial charge in [0.15, 0.2) is 0 Å². The highest BCUT2D eigenvalue weighted by Crippen LogP contribution is 2.37. The highest BCUT2D eigenvalue weighted by molar-refractivity contribution is 7.89. The molecule has 9 nitrogen and oxygen atoms in total. The van der Waals surface area contributed by atoms with Crippen molar-refractivity contribution in [3.8, 4) is 0 Å². The van der Waals surface area contributed by atoms with Crippen LogP contribution < -0.4 is 5.32 Å². The van der Waals surface area contributed by atoms with Crippen LogP contribution in [0.1, 0.15) is 50.9 Å². The summed E-state index contributed by atoms with van der Waals surface area (Å²) in [6, 6.07) is 5.81. The number of anilines is 1. The number of methoxy groups -OCH3 is 1. The fourth-order valence-electron chi connectivity index (χ4n) is 4.44. The molecule has 36 heavy (non-hydrogen) atoms. The molecular formula is C24H32ClN3O6S2. The maximum absolute atomic E-state index is 13.0. The molecule has 1 fully saturated rings. The van der Waals surface area contributed by atoms with Gasteiger partial charge in [0.1, 0.15) is 5.00 Å². The van der Waals surface area contributed by atoms with Crippen LogP contribution in [0.25, 0.3) is 0 Å². The van der Waals surface area contributed by atoms with Gasteiger partial charge in [-0.2, -0.15) is 4.31 Å². The minimum absolute atomic E-state index is 0. The van der Waals surface area contributed by atoms with E-state index in [1.807, 2.05) is 0 Å². The lowest BCUT2D eigenvalue weighted by Gasteiger charge is -2.25. The predicted octanol–water partition coefficient (Wildman–Crippen LogP) is 3.39. The molecule has 2 aromatic rings. The van der Waals surface area contributed by atoms with Crippen molar-refractivity contribution in [3.63, 3.8) is 0 Å². The number of esters is 1. The molecule has 4 rings (SSSR count). The van der Waals surface area contributed by atoms with Crippen LogP contribution in [-0.4, -0.2) is 76.0 Å². The van der Waals surface area contributed by atoms with Crippen LogP contribution in [0, 0.1) is 0 Å². The van der Waals surface area contributed by atoms with E-state index >= 15 is 0 Å². The Kier molecular flexibility index (Phi) is 9.53. The zero-order valence-electron chi connectivity index (χ0n) is 20.6. The molecule has 1 atom stereocenters. The van der Waals surface area contributed by atoms with E-state index in [2.05, 4.69) is 17.1 Å². The van der Waals surface area contributed by atoms with Crippen molar-refractivity contribution < 1.29 is 27.5 Å². The Morgan fingerprint density at radius 1 is 1.28 bits per heavy atom. The molecule has 1 N–H and O–H groups in total. The maximum Gasteiger partial charge on any atom is 0.341 e. The van der Waals surface area contributed by atoms with Crippen LogP contribution in [-0.2, 0) is 32.5 Å². The normalized spacial score (nSPS) is 17.9. The van der Waals surface area contributed by atoms with Gasteiger partial charge < -0.3 is 14.8 Å². The van der Waals surface area contributed by atoms with Crippen LogP contribution in [0.15, 0.2) is 29.2 Å². The highest BCUT2D eigenvalue weighted by atomic mass is 35.5. The monoisotopic (exact) mass is 557 g/mol. The molecule has 1 aromatic heterocycles. The minimum atomic E-state index is -3.70. The Bertz CT molecular complexity index is 1190. The number of amides is 1. The van der Waals surface area contributed by atoms with E-state index < -0.39 is 21.9 Å². The maximum atomic E-state index is 13.0. The van der Waals surface area contributed by atoms with Crippen molar-refractivity contribution in [2.75, 3.05) is 45.7 Å². The van der Waals surface area contributed by atoms with E-state index in [4.69, 9.17) is 9.47 Å². The quantitative estimate of drug-likeness (QED) is 0.496. The molecule has 1 aromatic carbocycles. The summed E-state index contributed by atoms with van der Waals surface area (Å²) in [5.41, 5.74) is 1.63. The third kappa shape index (κ3) is 5.92. The number of halogens is 1. The molecule has 198 valence electrons. The van der Waals surface area contributed by atoms with Gasteiger partial charge in [-0.05, 0) is 55.6 Å². The molecule has 1 saturated heterocycles. The number of nitrogens with zero attached hydrogens (tertiary/aromatic N) is 2. The third-order valence-corrected chi connectivity index (χ3v) is 9.48. The van der Waals surface area contributed by atoms with Gasteiger partial charge in [-0.25, -0.2) is 13.2 Å². The topological polar surface area (TPSA) is 105 Å². The molecule has 0 radical (unpaired) electrons. The Labute approximate surface area is 222 Å². The molecule has 0 aliphatic carbocycles. The Morgan fingerprint density at radius 2 is 2.00 bits per heavy atom. The number of fused-ring (bicyclic) bond motifs is 1. The van der Waals surface area contributed by atoms with E-state index in [1.165, 1.54) is 54.1 Å². The van der Waals surface area contributed by atoms with E-state index in [9.17, 15) is 18.0 Å². The molecule has 12 heteroatoms. The van der Waals surface area contributed by atoms with Gasteiger partial charge in [0, 0.05) is 43.7 Å². The van der Waals surface area contributed by atoms with Crippen molar-refractivity contribution in [2.24, 2.45) is 0 Å². The van der Waals surface area contributed by atoms with Gasteiger partial charge in [-0.1, -0.05) is 6.92 Å². The average molecular weight is 558 g/mol. The fourth-order valence-corrected chi connectivity index (χ4v) is 6.91. The highest BCUT2D eigenvalue weighted by Gasteiger charge is 2.30. The van der Waals surface area contributed by atoms with Crippen LogP contribution in [0.4, 0.5) is 5.00 Å². The van der Waals surface area contributed by atoms with E-state index in [0.717, 1.165) is 42.9 Å². The zero-order chi connectivity index (χ0) is 25.2. The summed E-state index contributed by atoms with van der Waals surface area (Å²) >= 11 is 1.39. The number of likely N-dealkylation sites (N-methyl/N-ethyl adjacent to an activating group) is 2. The van der Waals surface area contributed by atoms with Crippen LogP contribution in [0.2, 0.25) is 0 Å². The Balaban J connectivity index is 0.00000361. The summed E-state index contributed by atoms with van der Waals surface area (Å²) in [5.74, 6) is -0.892. The van der Waals surface area contributed by atoms with Gasteiger partial charge in [-0.3, -0.25) is 9.69 Å². The van der Waals surface area contributed by atoms with Crippen molar-refractivity contribution in [3.05, 3.63) is 45.8 Å². The number of benzene rings is 1. The van der Waals surface area contributed by atoms with Crippen LogP contribution >= 0.6 is 23.7 Å². The molecule has 0 bridgehead atoms. The lowest BCUT2D eigenvalue weighted by atomic mass is 10.0. The van der Waals surface area contributed by atoms with Crippen molar-refractivity contribution in [1.29, 1.82) is 0 Å². The second kappa shape index (κ2) is 12.0. The van der Waals surface area contributed by atoms with Gasteiger partial charge in [0.25, 0.3) is 5.91 Å².